The zero-order valence-corrected chi connectivity index (χ0v) is 11.8. The number of carbonyl (C=O) groups is 1. The number of hydrogen-bond acceptors (Lipinski definition) is 6. The van der Waals surface area contributed by atoms with Crippen LogP contribution in [0.1, 0.15) is 24.2 Å². The van der Waals surface area contributed by atoms with Crippen LogP contribution in [0.15, 0.2) is 12.3 Å². The molecule has 4 N–H and O–H groups in total. The van der Waals surface area contributed by atoms with E-state index in [1.165, 1.54) is 0 Å². The van der Waals surface area contributed by atoms with Crippen LogP contribution in [-0.4, -0.2) is 36.0 Å². The maximum atomic E-state index is 11.4. The lowest BCUT2D eigenvalue weighted by molar-refractivity contribution is -0.385. The maximum Gasteiger partial charge on any atom is 0.288 e. The van der Waals surface area contributed by atoms with E-state index in [0.29, 0.717) is 18.9 Å². The quantitative estimate of drug-likeness (QED) is 0.577. The summed E-state index contributed by atoms with van der Waals surface area (Å²) < 4.78 is 0. The van der Waals surface area contributed by atoms with Crippen LogP contribution >= 0.6 is 0 Å². The summed E-state index contributed by atoms with van der Waals surface area (Å²) in [4.78, 5) is 27.2. The monoisotopic (exact) mass is 281 g/mol. The maximum absolute atomic E-state index is 11.4. The molecule has 1 aromatic heterocycles. The van der Waals surface area contributed by atoms with Gasteiger partial charge in [-0.3, -0.25) is 14.9 Å². The molecular weight excluding hydrogens is 262 g/mol. The molecule has 0 fully saturated rings. The highest BCUT2D eigenvalue weighted by atomic mass is 16.6. The number of anilines is 1. The minimum atomic E-state index is -0.756. The van der Waals surface area contributed by atoms with E-state index < -0.39 is 10.8 Å². The minimum Gasteiger partial charge on any atom is -0.365 e. The molecule has 0 aromatic carbocycles. The fraction of sp³-hybridized carbons (Fsp3) is 0.500. The number of nitro groups is 1. The Morgan fingerprint density at radius 1 is 1.55 bits per heavy atom. The van der Waals surface area contributed by atoms with Crippen LogP contribution < -0.4 is 16.4 Å². The third-order valence-electron chi connectivity index (χ3n) is 2.91. The highest BCUT2D eigenvalue weighted by Crippen LogP contribution is 2.24. The van der Waals surface area contributed by atoms with Crippen molar-refractivity contribution in [3.8, 4) is 0 Å². The van der Waals surface area contributed by atoms with Gasteiger partial charge in [-0.1, -0.05) is 13.8 Å². The van der Waals surface area contributed by atoms with Gasteiger partial charge in [-0.25, -0.2) is 4.98 Å². The summed E-state index contributed by atoms with van der Waals surface area (Å²) in [6.45, 7) is 4.93. The fourth-order valence-electron chi connectivity index (χ4n) is 1.81. The highest BCUT2D eigenvalue weighted by Gasteiger charge is 2.23. The summed E-state index contributed by atoms with van der Waals surface area (Å²) in [6.07, 6.45) is 1.10. The fourth-order valence-corrected chi connectivity index (χ4v) is 1.81. The second-order valence-electron chi connectivity index (χ2n) is 5.41. The molecule has 0 aliphatic heterocycles. The van der Waals surface area contributed by atoms with Gasteiger partial charge < -0.3 is 16.4 Å². The van der Waals surface area contributed by atoms with Gasteiger partial charge in [0.15, 0.2) is 0 Å². The number of amides is 1. The van der Waals surface area contributed by atoms with Crippen LogP contribution in [0.3, 0.4) is 0 Å². The van der Waals surface area contributed by atoms with E-state index in [4.69, 9.17) is 11.5 Å². The molecule has 1 amide bonds. The SMILES string of the molecule is CN(CC(C)(C)CN)c1ncc([N+](=O)[O-])cc1C(N)=O. The summed E-state index contributed by atoms with van der Waals surface area (Å²) in [5.74, 6) is -0.446. The Kier molecular flexibility index (Phi) is 4.61. The normalized spacial score (nSPS) is 11.2. The first-order valence-electron chi connectivity index (χ1n) is 6.03. The van der Waals surface area contributed by atoms with Gasteiger partial charge in [0, 0.05) is 19.7 Å². The Hall–Kier alpha value is -2.22. The van der Waals surface area contributed by atoms with E-state index in [0.717, 1.165) is 12.3 Å². The van der Waals surface area contributed by atoms with Crippen LogP contribution in [0, 0.1) is 15.5 Å². The molecule has 0 saturated carbocycles. The molecule has 20 heavy (non-hydrogen) atoms. The number of aromatic nitrogens is 1. The molecule has 1 heterocycles. The number of nitrogens with two attached hydrogens (primary N) is 2. The van der Waals surface area contributed by atoms with Crippen molar-refractivity contribution in [1.29, 1.82) is 0 Å². The van der Waals surface area contributed by atoms with E-state index >= 15 is 0 Å². The Balaban J connectivity index is 3.17. The molecule has 1 rings (SSSR count). The molecule has 110 valence electrons. The predicted molar refractivity (Wildman–Crippen MR) is 75.5 cm³/mol. The number of hydrogen-bond donors (Lipinski definition) is 2. The second-order valence-corrected chi connectivity index (χ2v) is 5.41. The molecule has 0 bridgehead atoms. The summed E-state index contributed by atoms with van der Waals surface area (Å²) in [6, 6.07) is 1.14. The molecule has 0 atom stereocenters. The molecule has 0 aliphatic rings. The van der Waals surface area contributed by atoms with Gasteiger partial charge >= 0.3 is 0 Å². The Bertz CT molecular complexity index is 530. The van der Waals surface area contributed by atoms with Crippen molar-refractivity contribution in [3.05, 3.63) is 27.9 Å². The first-order chi connectivity index (χ1) is 9.18. The summed E-state index contributed by atoms with van der Waals surface area (Å²) >= 11 is 0. The number of pyridine rings is 1. The molecule has 0 aliphatic carbocycles. The molecule has 0 unspecified atom stereocenters. The van der Waals surface area contributed by atoms with Crippen molar-refractivity contribution in [3.63, 3.8) is 0 Å². The zero-order chi connectivity index (χ0) is 15.5. The highest BCUT2D eigenvalue weighted by molar-refractivity contribution is 5.98. The van der Waals surface area contributed by atoms with E-state index in [1.54, 1.807) is 11.9 Å². The van der Waals surface area contributed by atoms with Gasteiger partial charge in [0.2, 0.25) is 0 Å². The molecule has 8 heteroatoms. The number of rotatable bonds is 6. The van der Waals surface area contributed by atoms with Gasteiger partial charge in [-0.2, -0.15) is 0 Å². The smallest absolute Gasteiger partial charge is 0.288 e. The number of nitrogens with zero attached hydrogens (tertiary/aromatic N) is 3. The molecule has 8 nitrogen and oxygen atoms in total. The second kappa shape index (κ2) is 5.83. The van der Waals surface area contributed by atoms with Gasteiger partial charge in [-0.05, 0) is 12.0 Å². The van der Waals surface area contributed by atoms with Crippen LogP contribution in [0.2, 0.25) is 0 Å². The van der Waals surface area contributed by atoms with Crippen molar-refractivity contribution in [1.82, 2.24) is 4.98 Å². The van der Waals surface area contributed by atoms with Gasteiger partial charge in [0.05, 0.1) is 10.5 Å². The van der Waals surface area contributed by atoms with Gasteiger partial charge in [0.1, 0.15) is 12.0 Å². The van der Waals surface area contributed by atoms with Crippen LogP contribution in [0.5, 0.6) is 0 Å². The molecule has 1 aromatic rings. The lowest BCUT2D eigenvalue weighted by Gasteiger charge is -2.30. The van der Waals surface area contributed by atoms with Crippen molar-refractivity contribution in [2.45, 2.75) is 13.8 Å². The zero-order valence-electron chi connectivity index (χ0n) is 11.8. The van der Waals surface area contributed by atoms with Crippen molar-refractivity contribution < 1.29 is 9.72 Å². The summed E-state index contributed by atoms with van der Waals surface area (Å²) in [7, 11) is 1.73. The van der Waals surface area contributed by atoms with E-state index in [2.05, 4.69) is 4.98 Å². The summed E-state index contributed by atoms with van der Waals surface area (Å²) in [5.41, 5.74) is 10.5. The van der Waals surface area contributed by atoms with Crippen molar-refractivity contribution >= 4 is 17.4 Å². The third-order valence-corrected chi connectivity index (χ3v) is 2.91. The van der Waals surface area contributed by atoms with Crippen molar-refractivity contribution in [2.75, 3.05) is 25.0 Å². The topological polar surface area (TPSA) is 128 Å². The Labute approximate surface area is 116 Å². The Morgan fingerprint density at radius 3 is 2.60 bits per heavy atom. The standard InChI is InChI=1S/C12H19N5O3/c1-12(2,6-13)7-16(3)11-9(10(14)18)4-8(5-15-11)17(19)20/h4-5H,6-7,13H2,1-3H3,(H2,14,18). The molecule has 0 saturated heterocycles. The first kappa shape index (κ1) is 15.8. The van der Waals surface area contributed by atoms with Crippen molar-refractivity contribution in [2.24, 2.45) is 16.9 Å². The van der Waals surface area contributed by atoms with Crippen LogP contribution in [0.4, 0.5) is 11.5 Å². The largest absolute Gasteiger partial charge is 0.365 e. The molecule has 0 spiro atoms. The predicted octanol–water partition coefficient (Wildman–Crippen LogP) is 0.510. The van der Waals surface area contributed by atoms with Gasteiger partial charge in [0.25, 0.3) is 11.6 Å². The van der Waals surface area contributed by atoms with Crippen LogP contribution in [-0.2, 0) is 0 Å². The van der Waals surface area contributed by atoms with Gasteiger partial charge in [-0.15, -0.1) is 0 Å². The number of primary amides is 1. The lowest BCUT2D eigenvalue weighted by Crippen LogP contribution is -2.38. The molecule has 0 radical (unpaired) electrons. The number of carbonyl (C=O) groups excluding carboxylic acids is 1. The summed E-state index contributed by atoms with van der Waals surface area (Å²) in [5, 5.41) is 10.7. The molecular formula is C12H19N5O3. The van der Waals surface area contributed by atoms with E-state index in [9.17, 15) is 14.9 Å². The lowest BCUT2D eigenvalue weighted by atomic mass is 9.93. The average Bonchev–Trinajstić information content (AvgIpc) is 2.37. The first-order valence-corrected chi connectivity index (χ1v) is 6.03. The Morgan fingerprint density at radius 2 is 2.15 bits per heavy atom. The van der Waals surface area contributed by atoms with E-state index in [1.807, 2.05) is 13.8 Å². The van der Waals surface area contributed by atoms with Crippen LogP contribution in [0.25, 0.3) is 0 Å². The average molecular weight is 281 g/mol. The van der Waals surface area contributed by atoms with E-state index in [-0.39, 0.29) is 16.7 Å². The minimum absolute atomic E-state index is 0.0227. The third kappa shape index (κ3) is 3.64.